The quantitative estimate of drug-likeness (QED) is 0.763. The van der Waals surface area contributed by atoms with Crippen molar-refractivity contribution in [3.63, 3.8) is 0 Å². The summed E-state index contributed by atoms with van der Waals surface area (Å²) in [6.07, 6.45) is -0.193. The molecule has 1 fully saturated rings. The van der Waals surface area contributed by atoms with Gasteiger partial charge in [0.1, 0.15) is 6.61 Å². The minimum atomic E-state index is -4.80. The van der Waals surface area contributed by atoms with Gasteiger partial charge in [-0.3, -0.25) is 0 Å². The van der Waals surface area contributed by atoms with Crippen LogP contribution in [0.25, 0.3) is 0 Å². The van der Waals surface area contributed by atoms with Crippen molar-refractivity contribution in [1.29, 1.82) is 0 Å². The number of benzene rings is 1. The van der Waals surface area contributed by atoms with Crippen molar-refractivity contribution in [2.75, 3.05) is 13.1 Å². The van der Waals surface area contributed by atoms with Gasteiger partial charge in [0, 0.05) is 13.1 Å². The van der Waals surface area contributed by atoms with Crippen molar-refractivity contribution < 1.29 is 73.9 Å². The largest absolute Gasteiger partial charge is 1.00 e. The first-order valence-electron chi connectivity index (χ1n) is 7.10. The zero-order chi connectivity index (χ0) is 15.3. The fraction of sp³-hybridized carbons (Fsp3) is 0.500. The minimum Gasteiger partial charge on any atom is -0.449 e. The maximum absolute atomic E-state index is 12.5. The Hall–Kier alpha value is -0.0187. The molecule has 0 aromatic heterocycles. The van der Waals surface area contributed by atoms with Crippen LogP contribution < -0.4 is 51.4 Å². The Morgan fingerprint density at radius 1 is 1.27 bits per heavy atom. The van der Waals surface area contributed by atoms with Gasteiger partial charge in [0.2, 0.25) is 0 Å². The molecule has 1 aromatic rings. The SMILES string of the molecule is O=C(OCc1ccccc1)N1CCCC(C[B-](F)(F)F)C1.[K+]. The molecular weight excluding hydrogens is 321 g/mol. The molecule has 1 aliphatic heterocycles. The number of hydrogen-bond donors (Lipinski definition) is 0. The second kappa shape index (κ2) is 9.32. The van der Waals surface area contributed by atoms with Gasteiger partial charge in [-0.15, -0.1) is 0 Å². The third-order valence-corrected chi connectivity index (χ3v) is 3.58. The number of carbonyl (C=O) groups excluding carboxylic acids is 1. The van der Waals surface area contributed by atoms with Gasteiger partial charge in [0.25, 0.3) is 0 Å². The Balaban J connectivity index is 0.00000242. The molecule has 0 saturated carbocycles. The maximum Gasteiger partial charge on any atom is 1.00 e. The van der Waals surface area contributed by atoms with Gasteiger partial charge in [-0.2, -0.15) is 0 Å². The van der Waals surface area contributed by atoms with E-state index < -0.39 is 25.3 Å². The smallest absolute Gasteiger partial charge is 0.449 e. The first-order valence-corrected chi connectivity index (χ1v) is 7.10. The van der Waals surface area contributed by atoms with Crippen molar-refractivity contribution in [3.8, 4) is 0 Å². The molecule has 1 aromatic carbocycles. The molecule has 0 radical (unpaired) electrons. The molecule has 1 amide bonds. The zero-order valence-corrected chi connectivity index (χ0v) is 15.8. The summed E-state index contributed by atoms with van der Waals surface area (Å²) in [6, 6.07) is 9.20. The molecule has 116 valence electrons. The van der Waals surface area contributed by atoms with E-state index in [1.54, 1.807) is 0 Å². The van der Waals surface area contributed by atoms with Gasteiger partial charge >= 0.3 is 64.5 Å². The summed E-state index contributed by atoms with van der Waals surface area (Å²) in [5.74, 6) is -0.497. The number of likely N-dealkylation sites (tertiary alicyclic amines) is 1. The molecule has 1 unspecified atom stereocenters. The minimum absolute atomic E-state index is 0. The van der Waals surface area contributed by atoms with Crippen LogP contribution in [-0.4, -0.2) is 31.1 Å². The first-order chi connectivity index (χ1) is 9.94. The fourth-order valence-corrected chi connectivity index (χ4v) is 2.61. The summed E-state index contributed by atoms with van der Waals surface area (Å²) >= 11 is 0. The molecule has 0 bridgehead atoms. The second-order valence-electron chi connectivity index (χ2n) is 5.44. The van der Waals surface area contributed by atoms with Crippen LogP contribution in [0.15, 0.2) is 30.3 Å². The molecular formula is C14H18BF3KNO2. The molecule has 2 rings (SSSR count). The summed E-state index contributed by atoms with van der Waals surface area (Å²) in [7, 11) is 0. The summed E-state index contributed by atoms with van der Waals surface area (Å²) in [4.78, 5) is 13.3. The van der Waals surface area contributed by atoms with Crippen LogP contribution in [0.5, 0.6) is 0 Å². The van der Waals surface area contributed by atoms with E-state index in [0.717, 1.165) is 5.56 Å². The van der Waals surface area contributed by atoms with Gasteiger partial charge in [-0.1, -0.05) is 36.7 Å². The van der Waals surface area contributed by atoms with Gasteiger partial charge in [-0.05, 0) is 24.3 Å². The number of nitrogens with zero attached hydrogens (tertiary/aromatic N) is 1. The third kappa shape index (κ3) is 7.04. The van der Waals surface area contributed by atoms with Crippen molar-refractivity contribution in [3.05, 3.63) is 35.9 Å². The average Bonchev–Trinajstić information content (AvgIpc) is 2.44. The molecule has 0 N–H and O–H groups in total. The van der Waals surface area contributed by atoms with E-state index in [0.29, 0.717) is 19.4 Å². The van der Waals surface area contributed by atoms with E-state index in [2.05, 4.69) is 0 Å². The van der Waals surface area contributed by atoms with Crippen molar-refractivity contribution in [2.24, 2.45) is 5.92 Å². The molecule has 3 nitrogen and oxygen atoms in total. The zero-order valence-electron chi connectivity index (χ0n) is 12.7. The fourth-order valence-electron chi connectivity index (χ4n) is 2.61. The van der Waals surface area contributed by atoms with Gasteiger partial charge < -0.3 is 22.6 Å². The predicted octanol–water partition coefficient (Wildman–Crippen LogP) is 0.887. The average molecular weight is 339 g/mol. The van der Waals surface area contributed by atoms with Crippen molar-refractivity contribution in [2.45, 2.75) is 25.8 Å². The summed E-state index contributed by atoms with van der Waals surface area (Å²) in [5, 5.41) is 0. The van der Waals surface area contributed by atoms with Crippen LogP contribution in [0.3, 0.4) is 0 Å². The number of piperidine rings is 1. The van der Waals surface area contributed by atoms with Crippen LogP contribution in [0.1, 0.15) is 18.4 Å². The molecule has 1 heterocycles. The number of rotatable bonds is 4. The Bertz CT molecular complexity index is 473. The Kier molecular flexibility index (Phi) is 8.48. The van der Waals surface area contributed by atoms with Crippen LogP contribution in [0, 0.1) is 5.92 Å². The Morgan fingerprint density at radius 3 is 2.59 bits per heavy atom. The molecule has 22 heavy (non-hydrogen) atoms. The van der Waals surface area contributed by atoms with Crippen LogP contribution in [-0.2, 0) is 11.3 Å². The molecule has 0 aliphatic carbocycles. The topological polar surface area (TPSA) is 29.5 Å². The second-order valence-corrected chi connectivity index (χ2v) is 5.44. The number of hydrogen-bond acceptors (Lipinski definition) is 2. The molecule has 8 heteroatoms. The van der Waals surface area contributed by atoms with Crippen LogP contribution in [0.2, 0.25) is 6.32 Å². The predicted molar refractivity (Wildman–Crippen MR) is 74.8 cm³/mol. The summed E-state index contributed by atoms with van der Waals surface area (Å²) in [6.45, 7) is -4.06. The van der Waals surface area contributed by atoms with E-state index in [9.17, 15) is 17.7 Å². The maximum atomic E-state index is 12.5. The van der Waals surface area contributed by atoms with Crippen LogP contribution in [0.4, 0.5) is 17.7 Å². The third-order valence-electron chi connectivity index (χ3n) is 3.58. The molecule has 1 atom stereocenters. The Labute approximate surface area is 171 Å². The van der Waals surface area contributed by atoms with E-state index in [4.69, 9.17) is 4.74 Å². The summed E-state index contributed by atoms with van der Waals surface area (Å²) < 4.78 is 42.6. The molecule has 1 aliphatic rings. The summed E-state index contributed by atoms with van der Waals surface area (Å²) in [5.41, 5.74) is 0.859. The van der Waals surface area contributed by atoms with E-state index in [-0.39, 0.29) is 64.5 Å². The van der Waals surface area contributed by atoms with Gasteiger partial charge in [0.05, 0.1) is 0 Å². The number of ether oxygens (including phenoxy) is 1. The number of halogens is 3. The standard InChI is InChI=1S/C14H18BF3NO2.K/c16-15(17,18)9-13-7-4-8-19(10-13)14(20)21-11-12-5-2-1-3-6-12;/h1-3,5-6,13H,4,7-11H2;/q-1;+1. The number of amides is 1. The normalized spacial score (nSPS) is 18.5. The van der Waals surface area contributed by atoms with E-state index >= 15 is 0 Å². The van der Waals surface area contributed by atoms with E-state index in [1.807, 2.05) is 30.3 Å². The molecule has 1 saturated heterocycles. The molecule has 0 spiro atoms. The Morgan fingerprint density at radius 2 is 1.95 bits per heavy atom. The monoisotopic (exact) mass is 339 g/mol. The van der Waals surface area contributed by atoms with Crippen LogP contribution >= 0.6 is 0 Å². The number of carbonyl (C=O) groups is 1. The van der Waals surface area contributed by atoms with Crippen molar-refractivity contribution >= 4 is 13.1 Å². The van der Waals surface area contributed by atoms with Gasteiger partial charge in [0.15, 0.2) is 0 Å². The van der Waals surface area contributed by atoms with Crippen molar-refractivity contribution in [1.82, 2.24) is 4.90 Å². The first kappa shape index (κ1) is 20.0. The van der Waals surface area contributed by atoms with Gasteiger partial charge in [-0.25, -0.2) is 4.79 Å². The van der Waals surface area contributed by atoms with E-state index in [1.165, 1.54) is 4.90 Å².